The lowest BCUT2D eigenvalue weighted by molar-refractivity contribution is -0.152. The van der Waals surface area contributed by atoms with Crippen molar-refractivity contribution < 1.29 is 32.2 Å². The fourth-order valence-corrected chi connectivity index (χ4v) is 3.69. The molecule has 0 aliphatic heterocycles. The van der Waals surface area contributed by atoms with Crippen molar-refractivity contribution in [3.05, 3.63) is 102 Å². The van der Waals surface area contributed by atoms with Crippen LogP contribution in [0.1, 0.15) is 36.4 Å². The van der Waals surface area contributed by atoms with Gasteiger partial charge in [-0.25, -0.2) is 9.78 Å². The van der Waals surface area contributed by atoms with Crippen LogP contribution in [0.2, 0.25) is 0 Å². The zero-order valence-electron chi connectivity index (χ0n) is 20.3. The third kappa shape index (κ3) is 6.79. The highest BCUT2D eigenvalue weighted by Crippen LogP contribution is 2.29. The van der Waals surface area contributed by atoms with E-state index in [0.717, 1.165) is 29.2 Å². The van der Waals surface area contributed by atoms with Crippen molar-refractivity contribution in [2.24, 2.45) is 0 Å². The van der Waals surface area contributed by atoms with Gasteiger partial charge in [0.15, 0.2) is 5.60 Å². The molecule has 194 valence electrons. The average molecular weight is 514 g/mol. The van der Waals surface area contributed by atoms with E-state index >= 15 is 0 Å². The zero-order chi connectivity index (χ0) is 26.6. The molecule has 2 heterocycles. The second kappa shape index (κ2) is 10.5. The van der Waals surface area contributed by atoms with Gasteiger partial charge in [0.05, 0.1) is 30.4 Å². The Balaban J connectivity index is 1.47. The highest BCUT2D eigenvalue weighted by Gasteiger charge is 2.30. The van der Waals surface area contributed by atoms with Gasteiger partial charge in [-0.05, 0) is 67.9 Å². The number of halogens is 3. The summed E-state index contributed by atoms with van der Waals surface area (Å²) in [5.41, 5.74) is 0.218. The van der Waals surface area contributed by atoms with Gasteiger partial charge >= 0.3 is 12.1 Å². The summed E-state index contributed by atoms with van der Waals surface area (Å²) in [6.07, 6.45) is 0.562. The third-order valence-corrected chi connectivity index (χ3v) is 5.69. The number of aliphatic carboxylic acids is 1. The topological polar surface area (TPSA) is 80.7 Å². The van der Waals surface area contributed by atoms with Crippen LogP contribution in [0.25, 0.3) is 5.69 Å². The van der Waals surface area contributed by atoms with Crippen molar-refractivity contribution in [3.63, 3.8) is 0 Å². The summed E-state index contributed by atoms with van der Waals surface area (Å²) in [6.45, 7) is 4.47. The summed E-state index contributed by atoms with van der Waals surface area (Å²) in [7, 11) is 0. The molecule has 4 rings (SSSR count). The van der Waals surface area contributed by atoms with Crippen molar-refractivity contribution in [2.45, 2.75) is 45.3 Å². The summed E-state index contributed by atoms with van der Waals surface area (Å²) in [4.78, 5) is 17.9. The Morgan fingerprint density at radius 2 is 1.73 bits per heavy atom. The van der Waals surface area contributed by atoms with Crippen molar-refractivity contribution in [2.75, 3.05) is 0 Å². The standard InChI is InChI=1S/C27H26F3N3O4/c1-26(2,25(34)35)37-23-11-5-19(6-12-23)14-32(17-24-4-3-13-36-24)15-21-16-33(18-31-21)22-9-7-20(8-10-22)27(28,29)30/h3-13,16,18H,14-15,17H2,1-2H3,(H,34,35). The molecule has 0 spiro atoms. The number of aromatic nitrogens is 2. The van der Waals surface area contributed by atoms with Gasteiger partial charge in [0.2, 0.25) is 0 Å². The molecule has 37 heavy (non-hydrogen) atoms. The zero-order valence-corrected chi connectivity index (χ0v) is 20.3. The van der Waals surface area contributed by atoms with Crippen LogP contribution in [0.4, 0.5) is 13.2 Å². The highest BCUT2D eigenvalue weighted by atomic mass is 19.4. The van der Waals surface area contributed by atoms with E-state index in [2.05, 4.69) is 9.88 Å². The van der Waals surface area contributed by atoms with Crippen molar-refractivity contribution in [3.8, 4) is 11.4 Å². The number of carboxylic acid groups (broad SMARTS) is 1. The van der Waals surface area contributed by atoms with E-state index in [1.54, 1.807) is 35.5 Å². The number of hydrogen-bond acceptors (Lipinski definition) is 5. The number of carboxylic acids is 1. The van der Waals surface area contributed by atoms with Gasteiger partial charge in [0.1, 0.15) is 11.5 Å². The molecule has 0 amide bonds. The molecule has 2 aromatic heterocycles. The first kappa shape index (κ1) is 26.0. The Morgan fingerprint density at radius 3 is 2.32 bits per heavy atom. The maximum absolute atomic E-state index is 12.9. The molecule has 1 N–H and O–H groups in total. The van der Waals surface area contributed by atoms with E-state index < -0.39 is 23.3 Å². The quantitative estimate of drug-likeness (QED) is 0.283. The fourth-order valence-electron chi connectivity index (χ4n) is 3.69. The lowest BCUT2D eigenvalue weighted by atomic mass is 10.1. The van der Waals surface area contributed by atoms with E-state index in [4.69, 9.17) is 9.15 Å². The number of hydrogen-bond donors (Lipinski definition) is 1. The molecule has 0 saturated carbocycles. The molecule has 2 aromatic carbocycles. The maximum Gasteiger partial charge on any atom is 0.416 e. The van der Waals surface area contributed by atoms with Gasteiger partial charge in [-0.15, -0.1) is 0 Å². The van der Waals surface area contributed by atoms with Gasteiger partial charge < -0.3 is 18.8 Å². The van der Waals surface area contributed by atoms with Crippen LogP contribution in [-0.4, -0.2) is 31.1 Å². The number of nitrogens with zero attached hydrogens (tertiary/aromatic N) is 3. The second-order valence-corrected chi connectivity index (χ2v) is 9.10. The molecule has 10 heteroatoms. The van der Waals surface area contributed by atoms with Crippen LogP contribution < -0.4 is 4.74 Å². The maximum atomic E-state index is 12.9. The largest absolute Gasteiger partial charge is 0.478 e. The molecular weight excluding hydrogens is 487 g/mol. The number of carbonyl (C=O) groups is 1. The molecule has 0 aliphatic rings. The highest BCUT2D eigenvalue weighted by molar-refractivity contribution is 5.76. The summed E-state index contributed by atoms with van der Waals surface area (Å²) in [5.74, 6) is 0.159. The molecule has 0 unspecified atom stereocenters. The Hall–Kier alpha value is -4.05. The minimum absolute atomic E-state index is 0.448. The first-order valence-corrected chi connectivity index (χ1v) is 11.5. The number of imidazole rings is 1. The fraction of sp³-hybridized carbons (Fsp3) is 0.259. The normalized spacial score (nSPS) is 12.2. The molecule has 7 nitrogen and oxygen atoms in total. The van der Waals surface area contributed by atoms with Crippen molar-refractivity contribution in [1.29, 1.82) is 0 Å². The van der Waals surface area contributed by atoms with Crippen LogP contribution >= 0.6 is 0 Å². The van der Waals surface area contributed by atoms with E-state index in [0.29, 0.717) is 31.1 Å². The Bertz CT molecular complexity index is 1310. The number of rotatable bonds is 10. The Labute approximate surface area is 211 Å². The number of furan rings is 1. The van der Waals surface area contributed by atoms with E-state index in [9.17, 15) is 23.1 Å². The van der Waals surface area contributed by atoms with Gasteiger partial charge in [-0.3, -0.25) is 4.90 Å². The number of benzene rings is 2. The average Bonchev–Trinajstić information content (AvgIpc) is 3.52. The molecule has 4 aromatic rings. The van der Waals surface area contributed by atoms with Crippen LogP contribution in [-0.2, 0) is 30.6 Å². The molecular formula is C27H26F3N3O4. The van der Waals surface area contributed by atoms with Crippen LogP contribution in [0.5, 0.6) is 5.75 Å². The first-order valence-electron chi connectivity index (χ1n) is 11.5. The summed E-state index contributed by atoms with van der Waals surface area (Å²) in [5, 5.41) is 9.26. The molecule has 0 aliphatic carbocycles. The number of ether oxygens (including phenoxy) is 1. The molecule has 0 atom stereocenters. The summed E-state index contributed by atoms with van der Waals surface area (Å²) < 4.78 is 51.4. The van der Waals surface area contributed by atoms with Gasteiger partial charge in [-0.2, -0.15) is 13.2 Å². The van der Waals surface area contributed by atoms with E-state index in [-0.39, 0.29) is 0 Å². The Kier molecular flexibility index (Phi) is 7.40. The first-order chi connectivity index (χ1) is 17.5. The predicted octanol–water partition coefficient (Wildman–Crippen LogP) is 5.93. The lowest BCUT2D eigenvalue weighted by Crippen LogP contribution is -2.37. The van der Waals surface area contributed by atoms with Crippen molar-refractivity contribution >= 4 is 5.97 Å². The van der Waals surface area contributed by atoms with E-state index in [1.165, 1.54) is 26.0 Å². The monoisotopic (exact) mass is 513 g/mol. The predicted molar refractivity (Wildman–Crippen MR) is 129 cm³/mol. The third-order valence-electron chi connectivity index (χ3n) is 5.69. The van der Waals surface area contributed by atoms with Gasteiger partial charge in [-0.1, -0.05) is 12.1 Å². The number of alkyl halides is 3. The van der Waals surface area contributed by atoms with Crippen LogP contribution in [0, 0.1) is 0 Å². The molecule has 0 radical (unpaired) electrons. The van der Waals surface area contributed by atoms with E-state index in [1.807, 2.05) is 24.3 Å². The summed E-state index contributed by atoms with van der Waals surface area (Å²) >= 11 is 0. The Morgan fingerprint density at radius 1 is 1.03 bits per heavy atom. The SMILES string of the molecule is CC(C)(Oc1ccc(CN(Cc2cn(-c3ccc(C(F)(F)F)cc3)cn2)Cc2ccco2)cc1)C(=O)O. The smallest absolute Gasteiger partial charge is 0.416 e. The molecule has 0 bridgehead atoms. The minimum atomic E-state index is -4.39. The molecule has 0 saturated heterocycles. The summed E-state index contributed by atoms with van der Waals surface area (Å²) in [6, 6.07) is 15.8. The second-order valence-electron chi connectivity index (χ2n) is 9.10. The molecule has 0 fully saturated rings. The van der Waals surface area contributed by atoms with Crippen LogP contribution in [0.15, 0.2) is 83.9 Å². The van der Waals surface area contributed by atoms with Crippen LogP contribution in [0.3, 0.4) is 0 Å². The van der Waals surface area contributed by atoms with Gasteiger partial charge in [0.25, 0.3) is 0 Å². The van der Waals surface area contributed by atoms with Gasteiger partial charge in [0, 0.05) is 25.0 Å². The lowest BCUT2D eigenvalue weighted by Gasteiger charge is -2.23. The minimum Gasteiger partial charge on any atom is -0.478 e. The van der Waals surface area contributed by atoms with Crippen molar-refractivity contribution in [1.82, 2.24) is 14.5 Å².